The molecule has 0 aliphatic carbocycles. The number of aromatic nitrogens is 1. The highest BCUT2D eigenvalue weighted by Crippen LogP contribution is 2.25. The van der Waals surface area contributed by atoms with Crippen LogP contribution in [0.25, 0.3) is 0 Å². The average molecular weight is 401 g/mol. The molecule has 3 N–H and O–H groups in total. The Bertz CT molecular complexity index is 711. The van der Waals surface area contributed by atoms with E-state index in [9.17, 15) is 4.79 Å². The average Bonchev–Trinajstić information content (AvgIpc) is 2.70. The number of amides is 1. The number of rotatable bonds is 5. The van der Waals surface area contributed by atoms with Crippen LogP contribution in [-0.4, -0.2) is 54.5 Å². The molecule has 3 unspecified atom stereocenters. The standard InChI is InChI=1S/C22H36N6O/c1-4-24-22(28-13-16(2)11-17(3)14-28)26-12-18-7-5-9-25-21(18)27-10-6-8-19(15-27)20(23)29/h5,7,9,16-17,19H,4,6,8,10-15H2,1-3H3,(H2,23,29)(H,24,26). The summed E-state index contributed by atoms with van der Waals surface area (Å²) in [7, 11) is 0. The minimum atomic E-state index is -0.215. The number of carbonyl (C=O) groups excluding carboxylic acids is 1. The summed E-state index contributed by atoms with van der Waals surface area (Å²) in [6.07, 6.45) is 4.91. The molecule has 3 atom stereocenters. The lowest BCUT2D eigenvalue weighted by molar-refractivity contribution is -0.122. The Morgan fingerprint density at radius 2 is 2.07 bits per heavy atom. The Morgan fingerprint density at radius 1 is 1.31 bits per heavy atom. The molecule has 2 aliphatic rings. The summed E-state index contributed by atoms with van der Waals surface area (Å²) in [5.41, 5.74) is 6.65. The van der Waals surface area contributed by atoms with Crippen molar-refractivity contribution < 1.29 is 4.79 Å². The summed E-state index contributed by atoms with van der Waals surface area (Å²) in [5, 5.41) is 3.47. The zero-order valence-electron chi connectivity index (χ0n) is 18.1. The van der Waals surface area contributed by atoms with Gasteiger partial charge in [0.05, 0.1) is 12.5 Å². The molecule has 160 valence electrons. The molecule has 2 saturated heterocycles. The van der Waals surface area contributed by atoms with Gasteiger partial charge >= 0.3 is 0 Å². The van der Waals surface area contributed by atoms with Crippen molar-refractivity contribution in [1.82, 2.24) is 15.2 Å². The van der Waals surface area contributed by atoms with Crippen molar-refractivity contribution in [2.45, 2.75) is 46.6 Å². The van der Waals surface area contributed by atoms with E-state index in [1.165, 1.54) is 6.42 Å². The van der Waals surface area contributed by atoms with Crippen molar-refractivity contribution in [2.75, 3.05) is 37.6 Å². The van der Waals surface area contributed by atoms with E-state index in [0.29, 0.717) is 24.9 Å². The molecular weight excluding hydrogens is 364 g/mol. The number of anilines is 1. The summed E-state index contributed by atoms with van der Waals surface area (Å²) < 4.78 is 0. The van der Waals surface area contributed by atoms with Crippen molar-refractivity contribution in [1.29, 1.82) is 0 Å². The number of guanidine groups is 1. The lowest BCUT2D eigenvalue weighted by Crippen LogP contribution is -2.48. The molecule has 3 rings (SSSR count). The molecule has 0 aromatic carbocycles. The van der Waals surface area contributed by atoms with Gasteiger partial charge in [0, 0.05) is 44.5 Å². The third kappa shape index (κ3) is 5.61. The van der Waals surface area contributed by atoms with Gasteiger partial charge in [0.25, 0.3) is 0 Å². The third-order valence-electron chi connectivity index (χ3n) is 5.89. The van der Waals surface area contributed by atoms with Crippen LogP contribution >= 0.6 is 0 Å². The van der Waals surface area contributed by atoms with Gasteiger partial charge < -0.3 is 20.9 Å². The number of nitrogens with one attached hydrogen (secondary N) is 1. The molecule has 0 radical (unpaired) electrons. The number of primary amides is 1. The number of hydrogen-bond donors (Lipinski definition) is 2. The highest BCUT2D eigenvalue weighted by Gasteiger charge is 2.27. The monoisotopic (exact) mass is 400 g/mol. The van der Waals surface area contributed by atoms with Crippen LogP contribution in [0.2, 0.25) is 0 Å². The number of hydrogen-bond acceptors (Lipinski definition) is 4. The summed E-state index contributed by atoms with van der Waals surface area (Å²) in [6.45, 7) is 11.8. The summed E-state index contributed by atoms with van der Waals surface area (Å²) in [5.74, 6) is 2.95. The second-order valence-electron chi connectivity index (χ2n) is 8.69. The van der Waals surface area contributed by atoms with Crippen LogP contribution in [0.5, 0.6) is 0 Å². The minimum Gasteiger partial charge on any atom is -0.369 e. The van der Waals surface area contributed by atoms with Gasteiger partial charge in [0.2, 0.25) is 5.91 Å². The summed E-state index contributed by atoms with van der Waals surface area (Å²) in [4.78, 5) is 25.8. The number of aliphatic imine (C=N–C) groups is 1. The Hall–Kier alpha value is -2.31. The third-order valence-corrected chi connectivity index (χ3v) is 5.89. The predicted molar refractivity (Wildman–Crippen MR) is 118 cm³/mol. The van der Waals surface area contributed by atoms with Crippen molar-refractivity contribution in [3.63, 3.8) is 0 Å². The van der Waals surface area contributed by atoms with Crippen LogP contribution in [-0.2, 0) is 11.3 Å². The fourth-order valence-corrected chi connectivity index (χ4v) is 4.66. The topological polar surface area (TPSA) is 86.9 Å². The molecule has 7 nitrogen and oxygen atoms in total. The molecule has 1 aromatic rings. The molecule has 3 heterocycles. The van der Waals surface area contributed by atoms with Gasteiger partial charge in [0.15, 0.2) is 5.96 Å². The largest absolute Gasteiger partial charge is 0.369 e. The Balaban J connectivity index is 1.77. The number of carbonyl (C=O) groups is 1. The van der Waals surface area contributed by atoms with Gasteiger partial charge in [-0.15, -0.1) is 0 Å². The first kappa shape index (κ1) is 21.4. The maximum absolute atomic E-state index is 11.7. The van der Waals surface area contributed by atoms with Crippen LogP contribution in [0.15, 0.2) is 23.3 Å². The highest BCUT2D eigenvalue weighted by atomic mass is 16.1. The maximum Gasteiger partial charge on any atom is 0.222 e. The second-order valence-corrected chi connectivity index (χ2v) is 8.69. The molecule has 0 bridgehead atoms. The van der Waals surface area contributed by atoms with E-state index in [2.05, 4.69) is 46.9 Å². The fourth-order valence-electron chi connectivity index (χ4n) is 4.66. The molecule has 2 fully saturated rings. The normalized spacial score (nSPS) is 25.8. The Morgan fingerprint density at radius 3 is 2.76 bits per heavy atom. The van der Waals surface area contributed by atoms with E-state index < -0.39 is 0 Å². The van der Waals surface area contributed by atoms with Gasteiger partial charge in [-0.05, 0) is 44.1 Å². The van der Waals surface area contributed by atoms with Gasteiger partial charge in [-0.1, -0.05) is 19.9 Å². The van der Waals surface area contributed by atoms with E-state index in [0.717, 1.165) is 56.4 Å². The van der Waals surface area contributed by atoms with E-state index in [1.54, 1.807) is 0 Å². The number of piperidine rings is 2. The fraction of sp³-hybridized carbons (Fsp3) is 0.682. The van der Waals surface area contributed by atoms with E-state index in [-0.39, 0.29) is 11.8 Å². The number of nitrogens with two attached hydrogens (primary N) is 1. The maximum atomic E-state index is 11.7. The molecule has 1 amide bonds. The quantitative estimate of drug-likeness (QED) is 0.585. The van der Waals surface area contributed by atoms with Crippen LogP contribution < -0.4 is 16.0 Å². The van der Waals surface area contributed by atoms with Gasteiger partial charge in [-0.2, -0.15) is 0 Å². The first-order valence-electron chi connectivity index (χ1n) is 11.0. The van der Waals surface area contributed by atoms with E-state index in [4.69, 9.17) is 10.7 Å². The van der Waals surface area contributed by atoms with Crippen LogP contribution in [0, 0.1) is 17.8 Å². The molecular formula is C22H36N6O. The molecule has 0 spiro atoms. The molecule has 0 saturated carbocycles. The summed E-state index contributed by atoms with van der Waals surface area (Å²) in [6, 6.07) is 4.05. The highest BCUT2D eigenvalue weighted by molar-refractivity contribution is 5.80. The Kier molecular flexibility index (Phi) is 7.34. The molecule has 2 aliphatic heterocycles. The smallest absolute Gasteiger partial charge is 0.222 e. The molecule has 7 heteroatoms. The van der Waals surface area contributed by atoms with Crippen molar-refractivity contribution in [3.8, 4) is 0 Å². The molecule has 1 aromatic heterocycles. The SMILES string of the molecule is CCNC(=NCc1cccnc1N1CCCC(C(N)=O)C1)N1CC(C)CC(C)C1. The predicted octanol–water partition coefficient (Wildman–Crippen LogP) is 2.23. The van der Waals surface area contributed by atoms with E-state index in [1.807, 2.05) is 12.3 Å². The van der Waals surface area contributed by atoms with Crippen LogP contribution in [0.1, 0.15) is 45.6 Å². The lowest BCUT2D eigenvalue weighted by Gasteiger charge is -2.37. The van der Waals surface area contributed by atoms with Crippen molar-refractivity contribution >= 4 is 17.7 Å². The van der Waals surface area contributed by atoms with E-state index >= 15 is 0 Å². The van der Waals surface area contributed by atoms with Crippen molar-refractivity contribution in [2.24, 2.45) is 28.5 Å². The van der Waals surface area contributed by atoms with Gasteiger partial charge in [-0.25, -0.2) is 9.98 Å². The number of nitrogens with zero attached hydrogens (tertiary/aromatic N) is 4. The van der Waals surface area contributed by atoms with Gasteiger partial charge in [-0.3, -0.25) is 4.79 Å². The lowest BCUT2D eigenvalue weighted by atomic mass is 9.92. The second kappa shape index (κ2) is 9.94. The summed E-state index contributed by atoms with van der Waals surface area (Å²) >= 11 is 0. The van der Waals surface area contributed by atoms with Crippen LogP contribution in [0.3, 0.4) is 0 Å². The first-order valence-corrected chi connectivity index (χ1v) is 11.0. The number of pyridine rings is 1. The van der Waals surface area contributed by atoms with Crippen LogP contribution in [0.4, 0.5) is 5.82 Å². The minimum absolute atomic E-state index is 0.101. The molecule has 29 heavy (non-hydrogen) atoms. The Labute approximate surface area is 174 Å². The van der Waals surface area contributed by atoms with Gasteiger partial charge in [0.1, 0.15) is 5.82 Å². The number of likely N-dealkylation sites (tertiary alicyclic amines) is 1. The zero-order valence-corrected chi connectivity index (χ0v) is 18.1. The first-order chi connectivity index (χ1) is 14.0. The van der Waals surface area contributed by atoms with Crippen molar-refractivity contribution in [3.05, 3.63) is 23.9 Å². The zero-order chi connectivity index (χ0) is 20.8.